The van der Waals surface area contributed by atoms with Crippen molar-refractivity contribution in [2.24, 2.45) is 5.41 Å². The number of alkyl halides is 3. The lowest BCUT2D eigenvalue weighted by molar-refractivity contribution is -0.138. The number of piperidine rings is 2. The van der Waals surface area contributed by atoms with Crippen molar-refractivity contribution in [2.45, 2.75) is 58.2 Å². The Balaban J connectivity index is 1.37. The molecule has 14 heteroatoms. The third kappa shape index (κ3) is 8.01. The van der Waals surface area contributed by atoms with E-state index >= 15 is 17.6 Å². The number of halogens is 4. The molecule has 6 rings (SSSR count). The summed E-state index contributed by atoms with van der Waals surface area (Å²) in [6.45, 7) is 6.89. The van der Waals surface area contributed by atoms with E-state index in [-0.39, 0.29) is 28.2 Å². The van der Waals surface area contributed by atoms with Gasteiger partial charge in [0.15, 0.2) is 0 Å². The number of carbonyl (C=O) groups is 1. The lowest BCUT2D eigenvalue weighted by Crippen LogP contribution is -2.51. The molecule has 49 heavy (non-hydrogen) atoms. The monoisotopic (exact) mass is 696 g/mol. The number of carbonyl (C=O) groups excluding carboxylic acids is 1. The normalized spacial score (nSPS) is 16.9. The van der Waals surface area contributed by atoms with Crippen molar-refractivity contribution in [3.05, 3.63) is 77.2 Å². The van der Waals surface area contributed by atoms with Crippen LogP contribution in [0.3, 0.4) is 0 Å². The van der Waals surface area contributed by atoms with Crippen molar-refractivity contribution in [1.29, 1.82) is 0 Å². The Kier molecular flexibility index (Phi) is 9.61. The first kappa shape index (κ1) is 34.3. The minimum absolute atomic E-state index is 0.00124. The van der Waals surface area contributed by atoms with E-state index < -0.39 is 35.0 Å². The summed E-state index contributed by atoms with van der Waals surface area (Å²) in [4.78, 5) is 24.5. The molecule has 0 atom stereocenters. The molecule has 2 aliphatic heterocycles. The highest BCUT2D eigenvalue weighted by atomic mass is 32.1. The Morgan fingerprint density at radius 3 is 2.47 bits per heavy atom. The number of hydrogen-bond acceptors (Lipinski definition) is 9. The van der Waals surface area contributed by atoms with Crippen molar-refractivity contribution in [1.82, 2.24) is 25.1 Å². The standard InChI is InChI=1S/C35H36F4N6O3S/c1-33(2,3)48-32(46)44-17-12-34(13-18-44)11-6-16-45(22-34)30-23(19-25(36)26-21-49-31(43-26)24-10-15-41-42-20-24)8-9-27(29(30)35(37,38)39)47-28-7-4-5-14-40-28/h4-5,7-10,14-15,19-21H,6,11-13,16-18,22H2,1-3H3/b25-19-. The van der Waals surface area contributed by atoms with Crippen molar-refractivity contribution >= 4 is 35.0 Å². The van der Waals surface area contributed by atoms with Crippen LogP contribution in [0.5, 0.6) is 11.6 Å². The number of hydrogen-bond donors (Lipinski definition) is 0. The molecule has 0 unspecified atom stereocenters. The molecule has 4 aromatic rings. The highest BCUT2D eigenvalue weighted by Crippen LogP contribution is 2.50. The van der Waals surface area contributed by atoms with Crippen LogP contribution in [0, 0.1) is 5.41 Å². The number of likely N-dealkylation sites (tertiary alicyclic amines) is 1. The molecule has 0 N–H and O–H groups in total. The molecular formula is C35H36F4N6O3S. The Hall–Kier alpha value is -4.59. The summed E-state index contributed by atoms with van der Waals surface area (Å²) in [6.07, 6.45) is 2.88. The number of aromatic nitrogens is 4. The highest BCUT2D eigenvalue weighted by molar-refractivity contribution is 7.13. The zero-order valence-corrected chi connectivity index (χ0v) is 28.2. The number of pyridine rings is 1. The maximum Gasteiger partial charge on any atom is 0.422 e. The second kappa shape index (κ2) is 13.7. The molecule has 0 radical (unpaired) electrons. The van der Waals surface area contributed by atoms with Crippen LogP contribution < -0.4 is 9.64 Å². The smallest absolute Gasteiger partial charge is 0.422 e. The number of ether oxygens (including phenoxy) is 2. The Morgan fingerprint density at radius 1 is 1.00 bits per heavy atom. The van der Waals surface area contributed by atoms with E-state index in [1.165, 1.54) is 53.5 Å². The van der Waals surface area contributed by atoms with Crippen molar-refractivity contribution < 1.29 is 31.8 Å². The molecule has 258 valence electrons. The van der Waals surface area contributed by atoms with E-state index in [4.69, 9.17) is 9.47 Å². The molecule has 0 bridgehead atoms. The number of anilines is 1. The fourth-order valence-corrected chi connectivity index (χ4v) is 7.16. The van der Waals surface area contributed by atoms with Crippen LogP contribution in [0.15, 0.2) is 60.4 Å². The lowest BCUT2D eigenvalue weighted by Gasteiger charge is -2.49. The second-order valence-corrected chi connectivity index (χ2v) is 14.2. The van der Waals surface area contributed by atoms with Crippen molar-refractivity contribution in [3.8, 4) is 22.2 Å². The molecule has 3 aromatic heterocycles. The van der Waals surface area contributed by atoms with Crippen LogP contribution >= 0.6 is 11.3 Å². The van der Waals surface area contributed by atoms with E-state index in [9.17, 15) is 4.79 Å². The molecule has 1 aromatic carbocycles. The van der Waals surface area contributed by atoms with Gasteiger partial charge in [0.2, 0.25) is 5.88 Å². The predicted molar refractivity (Wildman–Crippen MR) is 179 cm³/mol. The van der Waals surface area contributed by atoms with Gasteiger partial charge in [-0.1, -0.05) is 6.07 Å². The van der Waals surface area contributed by atoms with Gasteiger partial charge in [0.05, 0.1) is 18.1 Å². The summed E-state index contributed by atoms with van der Waals surface area (Å²) in [5, 5.41) is 9.59. The summed E-state index contributed by atoms with van der Waals surface area (Å²) in [5.41, 5.74) is -1.48. The minimum atomic E-state index is -4.85. The summed E-state index contributed by atoms with van der Waals surface area (Å²) >= 11 is 1.19. The van der Waals surface area contributed by atoms with Gasteiger partial charge in [0, 0.05) is 54.9 Å². The molecule has 2 fully saturated rings. The zero-order valence-electron chi connectivity index (χ0n) is 27.3. The van der Waals surface area contributed by atoms with Gasteiger partial charge in [0.1, 0.15) is 33.4 Å². The van der Waals surface area contributed by atoms with E-state index in [0.717, 1.165) is 12.5 Å². The first-order valence-electron chi connectivity index (χ1n) is 16.0. The fourth-order valence-electron chi connectivity index (χ4n) is 6.37. The number of rotatable bonds is 6. The van der Waals surface area contributed by atoms with Gasteiger partial charge in [-0.05, 0) is 82.2 Å². The SMILES string of the molecule is CC(C)(C)OC(=O)N1CCC2(CCCN(c3c(/C=C(\F)c4csc(-c5ccnnc5)n4)ccc(Oc4ccccn4)c3C(F)(F)F)C2)CC1. The topological polar surface area (TPSA) is 93.6 Å². The first-order valence-corrected chi connectivity index (χ1v) is 16.8. The van der Waals surface area contributed by atoms with Crippen LogP contribution in [-0.4, -0.2) is 62.9 Å². The Bertz CT molecular complexity index is 1800. The van der Waals surface area contributed by atoms with E-state index in [0.29, 0.717) is 56.0 Å². The number of nitrogens with zero attached hydrogens (tertiary/aromatic N) is 6. The van der Waals surface area contributed by atoms with Crippen LogP contribution in [0.1, 0.15) is 63.3 Å². The van der Waals surface area contributed by atoms with Gasteiger partial charge < -0.3 is 19.3 Å². The summed E-state index contributed by atoms with van der Waals surface area (Å²) < 4.78 is 72.8. The van der Waals surface area contributed by atoms with Crippen LogP contribution in [0.25, 0.3) is 22.5 Å². The van der Waals surface area contributed by atoms with Crippen LogP contribution in [-0.2, 0) is 10.9 Å². The van der Waals surface area contributed by atoms with Gasteiger partial charge in [-0.25, -0.2) is 19.2 Å². The average Bonchev–Trinajstić information content (AvgIpc) is 3.56. The highest BCUT2D eigenvalue weighted by Gasteiger charge is 2.45. The van der Waals surface area contributed by atoms with Gasteiger partial charge in [0.25, 0.3) is 0 Å². The molecule has 2 aliphatic rings. The molecule has 2 saturated heterocycles. The number of thiazole rings is 1. The number of benzene rings is 1. The third-order valence-electron chi connectivity index (χ3n) is 8.62. The predicted octanol–water partition coefficient (Wildman–Crippen LogP) is 8.89. The van der Waals surface area contributed by atoms with Crippen molar-refractivity contribution in [2.75, 3.05) is 31.1 Å². The maximum absolute atomic E-state index is 15.9. The van der Waals surface area contributed by atoms with Gasteiger partial charge in [-0.3, -0.25) is 0 Å². The van der Waals surface area contributed by atoms with Gasteiger partial charge in [-0.15, -0.1) is 11.3 Å². The molecule has 1 spiro atoms. The molecular weight excluding hydrogens is 660 g/mol. The maximum atomic E-state index is 15.9. The average molecular weight is 697 g/mol. The molecule has 0 aliphatic carbocycles. The van der Waals surface area contributed by atoms with Crippen LogP contribution in [0.2, 0.25) is 0 Å². The third-order valence-corrected chi connectivity index (χ3v) is 9.51. The first-order chi connectivity index (χ1) is 23.3. The Morgan fingerprint density at radius 2 is 1.80 bits per heavy atom. The van der Waals surface area contributed by atoms with Gasteiger partial charge >= 0.3 is 12.3 Å². The molecule has 5 heterocycles. The summed E-state index contributed by atoms with van der Waals surface area (Å²) in [5.74, 6) is -1.22. The van der Waals surface area contributed by atoms with Crippen LogP contribution in [0.4, 0.5) is 28.0 Å². The molecule has 9 nitrogen and oxygen atoms in total. The lowest BCUT2D eigenvalue weighted by atomic mass is 9.72. The molecule has 0 saturated carbocycles. The van der Waals surface area contributed by atoms with E-state index in [2.05, 4.69) is 20.2 Å². The summed E-state index contributed by atoms with van der Waals surface area (Å²) in [7, 11) is 0. The van der Waals surface area contributed by atoms with E-state index in [1.807, 2.05) is 0 Å². The van der Waals surface area contributed by atoms with Crippen molar-refractivity contribution in [3.63, 3.8) is 0 Å². The minimum Gasteiger partial charge on any atom is -0.444 e. The fraction of sp³-hybridized carbons (Fsp3) is 0.400. The second-order valence-electron chi connectivity index (χ2n) is 13.3. The number of amides is 1. The Labute approximate surface area is 285 Å². The largest absolute Gasteiger partial charge is 0.444 e. The van der Waals surface area contributed by atoms with Gasteiger partial charge in [-0.2, -0.15) is 23.4 Å². The summed E-state index contributed by atoms with van der Waals surface area (Å²) in [6, 6.07) is 9.06. The molecule has 1 amide bonds. The van der Waals surface area contributed by atoms with E-state index in [1.54, 1.807) is 48.8 Å². The quantitative estimate of drug-likeness (QED) is 0.185. The zero-order chi connectivity index (χ0) is 34.8.